The highest BCUT2D eigenvalue weighted by Crippen LogP contribution is 2.37. The fourth-order valence-electron chi connectivity index (χ4n) is 5.26. The lowest BCUT2D eigenvalue weighted by Gasteiger charge is -2.38. The lowest BCUT2D eigenvalue weighted by molar-refractivity contribution is -0.152. The Hall–Kier alpha value is -2.85. The van der Waals surface area contributed by atoms with Crippen LogP contribution in [0.4, 0.5) is 4.39 Å². The fourth-order valence-corrected chi connectivity index (χ4v) is 5.26. The Morgan fingerprint density at radius 1 is 1.27 bits per heavy atom. The van der Waals surface area contributed by atoms with E-state index in [1.807, 2.05) is 37.3 Å². The molecule has 2 aromatic rings. The van der Waals surface area contributed by atoms with Crippen LogP contribution in [-0.4, -0.2) is 72.9 Å². The molecule has 9 heteroatoms. The van der Waals surface area contributed by atoms with Crippen molar-refractivity contribution < 1.29 is 28.6 Å². The highest BCUT2D eigenvalue weighted by molar-refractivity contribution is 5.79. The molecule has 1 aliphatic heterocycles. The van der Waals surface area contributed by atoms with Gasteiger partial charge >= 0.3 is 0 Å². The smallest absolute Gasteiger partial charge is 0.226 e. The van der Waals surface area contributed by atoms with Crippen LogP contribution in [-0.2, 0) is 19.1 Å². The number of aliphatic hydroxyl groups excluding tert-OH is 1. The third-order valence-electron chi connectivity index (χ3n) is 7.10. The summed E-state index contributed by atoms with van der Waals surface area (Å²) in [5.41, 5.74) is 8.70. The largest absolute Gasteiger partial charge is 0.391 e. The maximum atomic E-state index is 15.3. The lowest BCUT2D eigenvalue weighted by atomic mass is 9.91. The van der Waals surface area contributed by atoms with Crippen molar-refractivity contribution in [3.05, 3.63) is 59.4 Å². The van der Waals surface area contributed by atoms with Gasteiger partial charge in [-0.2, -0.15) is 0 Å². The molecule has 5 atom stereocenters. The van der Waals surface area contributed by atoms with Gasteiger partial charge in [0.1, 0.15) is 18.0 Å². The maximum absolute atomic E-state index is 15.3. The average Bonchev–Trinajstić information content (AvgIpc) is 3.21. The minimum absolute atomic E-state index is 0.0598. The van der Waals surface area contributed by atoms with Crippen LogP contribution in [0.5, 0.6) is 0 Å². The number of halogens is 1. The molecular weight excluding hydrogens is 477 g/mol. The van der Waals surface area contributed by atoms with Gasteiger partial charge in [0.15, 0.2) is 0 Å². The van der Waals surface area contributed by atoms with Gasteiger partial charge in [0, 0.05) is 44.1 Å². The molecule has 2 aliphatic rings. The zero-order chi connectivity index (χ0) is 26.5. The minimum Gasteiger partial charge on any atom is -0.391 e. The number of aliphatic hydroxyl groups is 1. The number of benzene rings is 2. The van der Waals surface area contributed by atoms with Gasteiger partial charge in [0.2, 0.25) is 11.8 Å². The number of aryl methyl sites for hydroxylation is 1. The Kier molecular flexibility index (Phi) is 8.91. The zero-order valence-electron chi connectivity index (χ0n) is 21.4. The molecule has 2 fully saturated rings. The number of nitrogens with one attached hydrogen (secondary N) is 1. The molecular formula is C28H36FN3O5. The Morgan fingerprint density at radius 2 is 2.05 bits per heavy atom. The summed E-state index contributed by atoms with van der Waals surface area (Å²) in [6, 6.07) is 12.1. The van der Waals surface area contributed by atoms with Crippen LogP contribution < -0.4 is 11.1 Å². The van der Waals surface area contributed by atoms with E-state index >= 15 is 4.39 Å². The third-order valence-corrected chi connectivity index (χ3v) is 7.10. The molecule has 1 saturated carbocycles. The average molecular weight is 514 g/mol. The second-order valence-corrected chi connectivity index (χ2v) is 9.94. The first-order valence-corrected chi connectivity index (χ1v) is 12.8. The van der Waals surface area contributed by atoms with Crippen LogP contribution in [0.1, 0.15) is 37.0 Å². The van der Waals surface area contributed by atoms with Crippen molar-refractivity contribution in [2.45, 2.75) is 51.0 Å². The summed E-state index contributed by atoms with van der Waals surface area (Å²) in [4.78, 5) is 26.4. The van der Waals surface area contributed by atoms with Gasteiger partial charge < -0.3 is 30.5 Å². The molecule has 1 saturated heterocycles. The fraction of sp³-hybridized carbons (Fsp3) is 0.500. The molecule has 1 heterocycles. The van der Waals surface area contributed by atoms with Gasteiger partial charge in [-0.25, -0.2) is 4.39 Å². The standard InChI is InChI=1S/C28H36FN3O5/c1-17-5-3-6-19(13-17)26-21(7-4-8-22(26)29)27(37-11-9-31-18(2)33)25-16-32(10-12-36-25)28(35)20-14-23(30)24(34)15-20/h3-8,13,20,23-25,27,34H,9-12,14-16,30H2,1-2H3,(H,31,33)/t20-,23+,24-,25+,27-/m0/s1. The zero-order valence-corrected chi connectivity index (χ0v) is 21.4. The second-order valence-electron chi connectivity index (χ2n) is 9.94. The molecule has 0 aromatic heterocycles. The van der Waals surface area contributed by atoms with Gasteiger partial charge in [0.05, 0.1) is 19.3 Å². The SMILES string of the molecule is CC(=O)NCCO[C@@H](c1cccc(F)c1-c1cccc(C)c1)[C@H]1CN(C(=O)[C@H]2C[C@@H](N)[C@@H](O)C2)CCO1. The number of rotatable bonds is 8. The summed E-state index contributed by atoms with van der Waals surface area (Å²) >= 11 is 0. The van der Waals surface area contributed by atoms with Crippen LogP contribution >= 0.6 is 0 Å². The minimum atomic E-state index is -0.688. The van der Waals surface area contributed by atoms with Gasteiger partial charge in [-0.3, -0.25) is 9.59 Å². The van der Waals surface area contributed by atoms with E-state index in [0.29, 0.717) is 37.1 Å². The highest BCUT2D eigenvalue weighted by atomic mass is 19.1. The van der Waals surface area contributed by atoms with E-state index in [0.717, 1.165) is 11.1 Å². The first-order valence-electron chi connectivity index (χ1n) is 12.8. The first kappa shape index (κ1) is 27.2. The van der Waals surface area contributed by atoms with E-state index in [4.69, 9.17) is 15.2 Å². The van der Waals surface area contributed by atoms with Crippen molar-refractivity contribution in [3.63, 3.8) is 0 Å². The van der Waals surface area contributed by atoms with E-state index in [1.165, 1.54) is 13.0 Å². The molecule has 2 aromatic carbocycles. The molecule has 0 spiro atoms. The summed E-state index contributed by atoms with van der Waals surface area (Å²) < 4.78 is 27.7. The number of amides is 2. The van der Waals surface area contributed by atoms with Crippen LogP contribution in [0.25, 0.3) is 11.1 Å². The highest BCUT2D eigenvalue weighted by Gasteiger charge is 2.40. The molecule has 200 valence electrons. The molecule has 0 unspecified atom stereocenters. The first-order chi connectivity index (χ1) is 17.7. The van der Waals surface area contributed by atoms with Crippen LogP contribution in [0.2, 0.25) is 0 Å². The van der Waals surface area contributed by atoms with E-state index < -0.39 is 24.4 Å². The number of hydrogen-bond donors (Lipinski definition) is 3. The lowest BCUT2D eigenvalue weighted by Crippen LogP contribution is -2.50. The molecule has 4 rings (SSSR count). The molecule has 2 amide bonds. The molecule has 8 nitrogen and oxygen atoms in total. The summed E-state index contributed by atoms with van der Waals surface area (Å²) in [6.45, 7) is 4.83. The summed E-state index contributed by atoms with van der Waals surface area (Å²) in [6.07, 6.45) is -1.13. The Balaban J connectivity index is 1.62. The van der Waals surface area contributed by atoms with E-state index in [2.05, 4.69) is 5.32 Å². The van der Waals surface area contributed by atoms with Crippen molar-refractivity contribution in [2.75, 3.05) is 32.8 Å². The van der Waals surface area contributed by atoms with Gasteiger partial charge in [-0.15, -0.1) is 0 Å². The Morgan fingerprint density at radius 3 is 2.76 bits per heavy atom. The van der Waals surface area contributed by atoms with Crippen molar-refractivity contribution in [1.29, 1.82) is 0 Å². The van der Waals surface area contributed by atoms with Gasteiger partial charge in [0.25, 0.3) is 0 Å². The summed E-state index contributed by atoms with van der Waals surface area (Å²) in [5.74, 6) is -0.944. The molecule has 1 aliphatic carbocycles. The van der Waals surface area contributed by atoms with Gasteiger partial charge in [-0.1, -0.05) is 42.0 Å². The van der Waals surface area contributed by atoms with Crippen LogP contribution in [0, 0.1) is 18.7 Å². The Bertz CT molecular complexity index is 1100. The van der Waals surface area contributed by atoms with Gasteiger partial charge in [-0.05, 0) is 37.0 Å². The number of morpholine rings is 1. The van der Waals surface area contributed by atoms with E-state index in [1.54, 1.807) is 11.0 Å². The van der Waals surface area contributed by atoms with Crippen molar-refractivity contribution >= 4 is 11.8 Å². The quantitative estimate of drug-likeness (QED) is 0.467. The van der Waals surface area contributed by atoms with Crippen LogP contribution in [0.3, 0.4) is 0 Å². The third kappa shape index (κ3) is 6.54. The number of nitrogens with zero attached hydrogens (tertiary/aromatic N) is 1. The van der Waals surface area contributed by atoms with Crippen LogP contribution in [0.15, 0.2) is 42.5 Å². The molecule has 0 radical (unpaired) electrons. The van der Waals surface area contributed by atoms with E-state index in [9.17, 15) is 14.7 Å². The number of hydrogen-bond acceptors (Lipinski definition) is 6. The molecule has 37 heavy (non-hydrogen) atoms. The number of carbonyl (C=O) groups is 2. The maximum Gasteiger partial charge on any atom is 0.226 e. The predicted molar refractivity (Wildman–Crippen MR) is 137 cm³/mol. The number of ether oxygens (including phenoxy) is 2. The molecule has 0 bridgehead atoms. The van der Waals surface area contributed by atoms with Crippen molar-refractivity contribution in [1.82, 2.24) is 10.2 Å². The normalized spacial score (nSPS) is 24.6. The monoisotopic (exact) mass is 513 g/mol. The summed E-state index contributed by atoms with van der Waals surface area (Å²) in [7, 11) is 0. The summed E-state index contributed by atoms with van der Waals surface area (Å²) in [5, 5.41) is 12.8. The Labute approximate surface area is 216 Å². The number of nitrogens with two attached hydrogens (primary N) is 1. The van der Waals surface area contributed by atoms with E-state index in [-0.39, 0.29) is 43.2 Å². The van der Waals surface area contributed by atoms with Crippen molar-refractivity contribution in [2.24, 2.45) is 11.7 Å². The predicted octanol–water partition coefficient (Wildman–Crippen LogP) is 2.32. The molecule has 4 N–H and O–H groups in total. The number of carbonyl (C=O) groups excluding carboxylic acids is 2. The van der Waals surface area contributed by atoms with Crippen molar-refractivity contribution in [3.8, 4) is 11.1 Å². The second kappa shape index (κ2) is 12.1. The topological polar surface area (TPSA) is 114 Å².